The summed E-state index contributed by atoms with van der Waals surface area (Å²) in [5.41, 5.74) is 0.441. The summed E-state index contributed by atoms with van der Waals surface area (Å²) in [6, 6.07) is 2.94. The number of hydrogen-bond acceptors (Lipinski definition) is 4. The molecule has 1 aromatic carbocycles. The van der Waals surface area contributed by atoms with E-state index in [9.17, 15) is 17.6 Å². The summed E-state index contributed by atoms with van der Waals surface area (Å²) in [4.78, 5) is 11.7. The van der Waals surface area contributed by atoms with Crippen molar-refractivity contribution in [3.8, 4) is 0 Å². The van der Waals surface area contributed by atoms with Gasteiger partial charge in [0.25, 0.3) is 0 Å². The smallest absolute Gasteiger partial charge is 0.340 e. The fourth-order valence-electron chi connectivity index (χ4n) is 2.45. The van der Waals surface area contributed by atoms with Crippen molar-refractivity contribution in [3.63, 3.8) is 0 Å². The first-order chi connectivity index (χ1) is 9.90. The van der Waals surface area contributed by atoms with Crippen molar-refractivity contribution in [2.75, 3.05) is 23.7 Å². The van der Waals surface area contributed by atoms with Crippen LogP contribution in [-0.4, -0.2) is 33.8 Å². The van der Waals surface area contributed by atoms with Gasteiger partial charge in [-0.05, 0) is 30.5 Å². The third-order valence-corrected chi connectivity index (χ3v) is 5.28. The van der Waals surface area contributed by atoms with Crippen LogP contribution in [-0.2, 0) is 21.2 Å². The summed E-state index contributed by atoms with van der Waals surface area (Å²) in [6.45, 7) is 2.18. The molecule has 0 amide bonds. The fraction of sp³-hybridized carbons (Fsp3) is 0.500. The first kappa shape index (κ1) is 15.8. The third-order valence-electron chi connectivity index (χ3n) is 3.43. The Bertz CT molecular complexity index is 657. The minimum absolute atomic E-state index is 0.00198. The molecular weight excluding hydrogens is 297 g/mol. The number of nitrogens with zero attached hydrogens (tertiary/aromatic N) is 1. The number of sulfonamides is 1. The summed E-state index contributed by atoms with van der Waals surface area (Å²) >= 11 is 0. The molecule has 0 N–H and O–H groups in total. The normalized spacial score (nSPS) is 17.0. The topological polar surface area (TPSA) is 63.7 Å². The quantitative estimate of drug-likeness (QED) is 0.798. The molecule has 7 heteroatoms. The van der Waals surface area contributed by atoms with Gasteiger partial charge in [0, 0.05) is 6.54 Å². The molecule has 0 spiro atoms. The molecule has 1 saturated heterocycles. The highest BCUT2D eigenvalue weighted by Crippen LogP contribution is 2.30. The number of hydrogen-bond donors (Lipinski definition) is 0. The van der Waals surface area contributed by atoms with Crippen LogP contribution in [0.1, 0.15) is 35.7 Å². The molecule has 1 aliphatic rings. The molecule has 0 aromatic heterocycles. The average Bonchev–Trinajstić information content (AvgIpc) is 2.79. The van der Waals surface area contributed by atoms with Gasteiger partial charge in [-0.15, -0.1) is 0 Å². The fourth-order valence-corrected chi connectivity index (χ4v) is 4.00. The Hall–Kier alpha value is -1.63. The second kappa shape index (κ2) is 6.01. The lowest BCUT2D eigenvalue weighted by molar-refractivity contribution is 0.0595. The van der Waals surface area contributed by atoms with Crippen molar-refractivity contribution in [2.45, 2.75) is 26.2 Å². The molecule has 0 aliphatic carbocycles. The van der Waals surface area contributed by atoms with Gasteiger partial charge < -0.3 is 4.74 Å². The van der Waals surface area contributed by atoms with Crippen LogP contribution in [0.3, 0.4) is 0 Å². The SMILES string of the molecule is CCCc1cc(C(=O)OC)c(F)c(N2CCCS2(=O)=O)c1. The van der Waals surface area contributed by atoms with Crippen LogP contribution in [0.2, 0.25) is 0 Å². The Morgan fingerprint density at radius 2 is 2.14 bits per heavy atom. The molecule has 21 heavy (non-hydrogen) atoms. The molecule has 0 saturated carbocycles. The maximum atomic E-state index is 14.5. The van der Waals surface area contributed by atoms with Crippen LogP contribution in [0, 0.1) is 5.82 Å². The van der Waals surface area contributed by atoms with Gasteiger partial charge in [0.05, 0.1) is 24.1 Å². The van der Waals surface area contributed by atoms with Crippen molar-refractivity contribution in [1.29, 1.82) is 0 Å². The minimum Gasteiger partial charge on any atom is -0.465 e. The molecule has 1 heterocycles. The summed E-state index contributed by atoms with van der Waals surface area (Å²) < 4.78 is 44.1. The number of ether oxygens (including phenoxy) is 1. The van der Waals surface area contributed by atoms with E-state index in [1.54, 1.807) is 0 Å². The monoisotopic (exact) mass is 315 g/mol. The van der Waals surface area contributed by atoms with Crippen molar-refractivity contribution in [3.05, 3.63) is 29.1 Å². The average molecular weight is 315 g/mol. The lowest BCUT2D eigenvalue weighted by Gasteiger charge is -2.20. The molecule has 5 nitrogen and oxygen atoms in total. The number of anilines is 1. The van der Waals surface area contributed by atoms with E-state index < -0.39 is 21.8 Å². The number of rotatable bonds is 4. The van der Waals surface area contributed by atoms with Gasteiger partial charge in [-0.2, -0.15) is 0 Å². The van der Waals surface area contributed by atoms with Crippen LogP contribution in [0.25, 0.3) is 0 Å². The number of esters is 1. The van der Waals surface area contributed by atoms with Crippen molar-refractivity contribution in [2.24, 2.45) is 0 Å². The number of halogens is 1. The Kier molecular flexibility index (Phi) is 4.51. The Labute approximate surface area is 123 Å². The summed E-state index contributed by atoms with van der Waals surface area (Å²) in [5.74, 6) is -1.65. The molecule has 0 bridgehead atoms. The predicted octanol–water partition coefficient (Wildman–Crippen LogP) is 2.10. The van der Waals surface area contributed by atoms with E-state index in [1.807, 2.05) is 6.92 Å². The van der Waals surface area contributed by atoms with Gasteiger partial charge in [0.2, 0.25) is 10.0 Å². The van der Waals surface area contributed by atoms with Gasteiger partial charge in [-0.25, -0.2) is 17.6 Å². The van der Waals surface area contributed by atoms with E-state index in [0.29, 0.717) is 12.8 Å². The van der Waals surface area contributed by atoms with Gasteiger partial charge in [-0.3, -0.25) is 4.31 Å². The molecular formula is C14H18FNO4S. The van der Waals surface area contributed by atoms with E-state index in [2.05, 4.69) is 4.74 Å². The number of carbonyl (C=O) groups is 1. The lowest BCUT2D eigenvalue weighted by atomic mass is 10.0. The van der Waals surface area contributed by atoms with Gasteiger partial charge in [0.1, 0.15) is 0 Å². The second-order valence-corrected chi connectivity index (χ2v) is 6.97. The van der Waals surface area contributed by atoms with E-state index in [-0.39, 0.29) is 23.5 Å². The summed E-state index contributed by atoms with van der Waals surface area (Å²) in [7, 11) is -2.34. The zero-order valence-corrected chi connectivity index (χ0v) is 12.9. The largest absolute Gasteiger partial charge is 0.465 e. The zero-order chi connectivity index (χ0) is 15.6. The molecule has 0 atom stereocenters. The highest BCUT2D eigenvalue weighted by Gasteiger charge is 2.32. The highest BCUT2D eigenvalue weighted by molar-refractivity contribution is 7.93. The molecule has 116 valence electrons. The van der Waals surface area contributed by atoms with E-state index >= 15 is 0 Å². The molecule has 0 unspecified atom stereocenters. The molecule has 2 rings (SSSR count). The first-order valence-corrected chi connectivity index (χ1v) is 8.42. The van der Waals surface area contributed by atoms with E-state index in [0.717, 1.165) is 16.3 Å². The van der Waals surface area contributed by atoms with E-state index in [4.69, 9.17) is 0 Å². The Morgan fingerprint density at radius 3 is 2.67 bits per heavy atom. The van der Waals surface area contributed by atoms with Gasteiger partial charge >= 0.3 is 5.97 Å². The van der Waals surface area contributed by atoms with Crippen LogP contribution in [0.5, 0.6) is 0 Å². The van der Waals surface area contributed by atoms with E-state index in [1.165, 1.54) is 19.2 Å². The van der Waals surface area contributed by atoms with Crippen molar-refractivity contribution >= 4 is 21.7 Å². The van der Waals surface area contributed by atoms with Gasteiger partial charge in [-0.1, -0.05) is 13.3 Å². The Balaban J connectivity index is 2.59. The standard InChI is InChI=1S/C14H18FNO4S/c1-3-5-10-8-11(14(17)20-2)13(15)12(9-10)16-6-4-7-21(16,18)19/h8-9H,3-7H2,1-2H3. The van der Waals surface area contributed by atoms with Crippen LogP contribution < -0.4 is 4.31 Å². The van der Waals surface area contributed by atoms with Crippen LogP contribution in [0.15, 0.2) is 12.1 Å². The number of aryl methyl sites for hydroxylation is 1. The third kappa shape index (κ3) is 3.02. The first-order valence-electron chi connectivity index (χ1n) is 6.82. The minimum atomic E-state index is -3.50. The molecule has 0 radical (unpaired) electrons. The second-order valence-electron chi connectivity index (χ2n) is 4.96. The van der Waals surface area contributed by atoms with Gasteiger partial charge in [0.15, 0.2) is 5.82 Å². The Morgan fingerprint density at radius 1 is 1.43 bits per heavy atom. The van der Waals surface area contributed by atoms with Crippen LogP contribution in [0.4, 0.5) is 10.1 Å². The number of benzene rings is 1. The zero-order valence-electron chi connectivity index (χ0n) is 12.1. The van der Waals surface area contributed by atoms with Crippen LogP contribution >= 0.6 is 0 Å². The molecule has 1 aromatic rings. The maximum absolute atomic E-state index is 14.5. The maximum Gasteiger partial charge on any atom is 0.340 e. The lowest BCUT2D eigenvalue weighted by Crippen LogP contribution is -2.27. The molecule has 1 aliphatic heterocycles. The summed E-state index contributed by atoms with van der Waals surface area (Å²) in [6.07, 6.45) is 1.89. The predicted molar refractivity (Wildman–Crippen MR) is 77.5 cm³/mol. The number of methoxy groups -OCH3 is 1. The van der Waals surface area contributed by atoms with Crippen molar-refractivity contribution in [1.82, 2.24) is 0 Å². The van der Waals surface area contributed by atoms with Crippen molar-refractivity contribution < 1.29 is 22.3 Å². The molecule has 1 fully saturated rings. The highest BCUT2D eigenvalue weighted by atomic mass is 32.2. The summed E-state index contributed by atoms with van der Waals surface area (Å²) in [5, 5.41) is 0. The number of carbonyl (C=O) groups excluding carboxylic acids is 1.